The zero-order valence-electron chi connectivity index (χ0n) is 6.27. The summed E-state index contributed by atoms with van der Waals surface area (Å²) in [5.74, 6) is -0.730. The fourth-order valence-corrected chi connectivity index (χ4v) is 0.671. The lowest BCUT2D eigenvalue weighted by molar-refractivity contribution is 0.100. The Hall–Kier alpha value is -1.91. The van der Waals surface area contributed by atoms with Crippen LogP contribution in [0.1, 0.15) is 10.4 Å². The first kappa shape index (κ1) is 8.19. The van der Waals surface area contributed by atoms with Gasteiger partial charge in [-0.05, 0) is 12.1 Å². The van der Waals surface area contributed by atoms with Crippen LogP contribution in [-0.4, -0.2) is 16.9 Å². The van der Waals surface area contributed by atoms with E-state index in [1.807, 2.05) is 0 Å². The molecule has 1 rings (SSSR count). The molecule has 1 amide bonds. The summed E-state index contributed by atoms with van der Waals surface area (Å²) in [5.41, 5.74) is 10.4. The second-order valence-corrected chi connectivity index (χ2v) is 2.08. The van der Waals surface area contributed by atoms with E-state index in [2.05, 4.69) is 9.98 Å². The summed E-state index contributed by atoms with van der Waals surface area (Å²) >= 11 is 0. The molecular weight excluding hydrogens is 156 g/mol. The van der Waals surface area contributed by atoms with Gasteiger partial charge in [-0.25, -0.2) is 0 Å². The minimum Gasteiger partial charge on any atom is -0.370 e. The number of amides is 1. The standard InChI is InChI=1S/C7H8N4O/c8-7(9)11-6(12)5-2-1-3-10-4-5/h1-4H,(H4,8,9,11,12). The van der Waals surface area contributed by atoms with Crippen LogP contribution in [0, 0.1) is 0 Å². The molecule has 1 aromatic rings. The van der Waals surface area contributed by atoms with Gasteiger partial charge in [0.2, 0.25) is 0 Å². The van der Waals surface area contributed by atoms with Crippen molar-refractivity contribution in [3.8, 4) is 0 Å². The number of guanidine groups is 1. The molecule has 12 heavy (non-hydrogen) atoms. The van der Waals surface area contributed by atoms with Crippen LogP contribution in [0.5, 0.6) is 0 Å². The van der Waals surface area contributed by atoms with E-state index in [0.717, 1.165) is 0 Å². The third-order valence-electron chi connectivity index (χ3n) is 1.14. The summed E-state index contributed by atoms with van der Waals surface area (Å²) < 4.78 is 0. The lowest BCUT2D eigenvalue weighted by atomic mass is 10.3. The Morgan fingerprint density at radius 3 is 2.75 bits per heavy atom. The average molecular weight is 164 g/mol. The van der Waals surface area contributed by atoms with Crippen molar-refractivity contribution in [1.29, 1.82) is 0 Å². The van der Waals surface area contributed by atoms with Crippen molar-refractivity contribution in [2.24, 2.45) is 16.5 Å². The summed E-state index contributed by atoms with van der Waals surface area (Å²) in [6, 6.07) is 3.22. The highest BCUT2D eigenvalue weighted by atomic mass is 16.1. The molecule has 0 unspecified atom stereocenters. The maximum Gasteiger partial charge on any atom is 0.281 e. The van der Waals surface area contributed by atoms with E-state index in [9.17, 15) is 4.79 Å². The van der Waals surface area contributed by atoms with Crippen LogP contribution >= 0.6 is 0 Å². The predicted octanol–water partition coefficient (Wildman–Crippen LogP) is -0.505. The number of hydrogen-bond acceptors (Lipinski definition) is 2. The fraction of sp³-hybridized carbons (Fsp3) is 0. The minimum absolute atomic E-state index is 0.246. The number of nitrogens with zero attached hydrogens (tertiary/aromatic N) is 2. The zero-order chi connectivity index (χ0) is 8.97. The highest BCUT2D eigenvalue weighted by Gasteiger charge is 2.02. The summed E-state index contributed by atoms with van der Waals surface area (Å²) in [5, 5.41) is 0. The number of rotatable bonds is 1. The van der Waals surface area contributed by atoms with Gasteiger partial charge in [-0.3, -0.25) is 9.78 Å². The molecule has 0 bridgehead atoms. The van der Waals surface area contributed by atoms with Crippen LogP contribution in [0.2, 0.25) is 0 Å². The number of pyridine rings is 1. The van der Waals surface area contributed by atoms with E-state index in [1.54, 1.807) is 18.3 Å². The lowest BCUT2D eigenvalue weighted by Crippen LogP contribution is -2.24. The largest absolute Gasteiger partial charge is 0.370 e. The molecule has 0 aliphatic rings. The van der Waals surface area contributed by atoms with Crippen molar-refractivity contribution >= 4 is 11.9 Å². The van der Waals surface area contributed by atoms with Gasteiger partial charge in [0.05, 0.1) is 5.56 Å². The molecule has 0 saturated heterocycles. The molecule has 0 radical (unpaired) electrons. The Kier molecular flexibility index (Phi) is 2.37. The Balaban J connectivity index is 2.87. The molecule has 0 aromatic carbocycles. The van der Waals surface area contributed by atoms with Gasteiger partial charge >= 0.3 is 0 Å². The van der Waals surface area contributed by atoms with Crippen LogP contribution in [0.15, 0.2) is 29.5 Å². The first-order chi connectivity index (χ1) is 5.70. The van der Waals surface area contributed by atoms with Gasteiger partial charge in [0.1, 0.15) is 0 Å². The average Bonchev–Trinajstić information content (AvgIpc) is 2.05. The lowest BCUT2D eigenvalue weighted by Gasteiger charge is -1.92. The molecule has 0 saturated carbocycles. The molecule has 5 heteroatoms. The fourth-order valence-electron chi connectivity index (χ4n) is 0.671. The molecule has 0 spiro atoms. The minimum atomic E-state index is -0.483. The van der Waals surface area contributed by atoms with Crippen molar-refractivity contribution in [2.45, 2.75) is 0 Å². The van der Waals surface area contributed by atoms with Crippen molar-refractivity contribution < 1.29 is 4.79 Å². The molecule has 0 aliphatic heterocycles. The quantitative estimate of drug-likeness (QED) is 0.432. The van der Waals surface area contributed by atoms with Gasteiger partial charge < -0.3 is 11.5 Å². The van der Waals surface area contributed by atoms with Crippen molar-refractivity contribution in [3.05, 3.63) is 30.1 Å². The molecule has 0 aliphatic carbocycles. The number of nitrogens with two attached hydrogens (primary N) is 2. The van der Waals surface area contributed by atoms with Gasteiger partial charge in [-0.15, -0.1) is 0 Å². The van der Waals surface area contributed by atoms with Crippen LogP contribution in [0.3, 0.4) is 0 Å². The second kappa shape index (κ2) is 3.47. The van der Waals surface area contributed by atoms with E-state index in [-0.39, 0.29) is 5.96 Å². The predicted molar refractivity (Wildman–Crippen MR) is 44.4 cm³/mol. The van der Waals surface area contributed by atoms with Crippen molar-refractivity contribution in [1.82, 2.24) is 4.98 Å². The van der Waals surface area contributed by atoms with E-state index in [4.69, 9.17) is 11.5 Å². The number of aliphatic imine (C=N–C) groups is 1. The Bertz CT molecular complexity index is 302. The highest BCUT2D eigenvalue weighted by molar-refractivity contribution is 6.01. The molecular formula is C7H8N4O. The smallest absolute Gasteiger partial charge is 0.281 e. The third-order valence-corrected chi connectivity index (χ3v) is 1.14. The number of carbonyl (C=O) groups is 1. The number of hydrogen-bond donors (Lipinski definition) is 2. The van der Waals surface area contributed by atoms with Gasteiger partial charge in [0.25, 0.3) is 5.91 Å². The molecule has 5 nitrogen and oxygen atoms in total. The number of carbonyl (C=O) groups excluding carboxylic acids is 1. The topological polar surface area (TPSA) is 94.4 Å². The van der Waals surface area contributed by atoms with Gasteiger partial charge in [-0.2, -0.15) is 4.99 Å². The van der Waals surface area contributed by atoms with Gasteiger partial charge in [0, 0.05) is 12.4 Å². The van der Waals surface area contributed by atoms with E-state index >= 15 is 0 Å². The number of aromatic nitrogens is 1. The second-order valence-electron chi connectivity index (χ2n) is 2.08. The summed E-state index contributed by atoms with van der Waals surface area (Å²) in [7, 11) is 0. The van der Waals surface area contributed by atoms with Crippen LogP contribution < -0.4 is 11.5 Å². The van der Waals surface area contributed by atoms with Crippen molar-refractivity contribution in [2.75, 3.05) is 0 Å². The molecule has 0 fully saturated rings. The summed E-state index contributed by atoms with van der Waals surface area (Å²) in [4.78, 5) is 18.1. The molecule has 0 atom stereocenters. The van der Waals surface area contributed by atoms with Crippen LogP contribution in [0.4, 0.5) is 0 Å². The monoisotopic (exact) mass is 164 g/mol. The molecule has 4 N–H and O–H groups in total. The highest BCUT2D eigenvalue weighted by Crippen LogP contribution is 1.97. The first-order valence-corrected chi connectivity index (χ1v) is 3.24. The Morgan fingerprint density at radius 1 is 1.50 bits per heavy atom. The van der Waals surface area contributed by atoms with Gasteiger partial charge in [-0.1, -0.05) is 0 Å². The van der Waals surface area contributed by atoms with Crippen molar-refractivity contribution in [3.63, 3.8) is 0 Å². The summed E-state index contributed by atoms with van der Waals surface area (Å²) in [6.07, 6.45) is 2.96. The molecule has 1 heterocycles. The zero-order valence-corrected chi connectivity index (χ0v) is 6.27. The molecule has 62 valence electrons. The van der Waals surface area contributed by atoms with E-state index in [0.29, 0.717) is 5.56 Å². The first-order valence-electron chi connectivity index (χ1n) is 3.24. The maximum atomic E-state index is 11.1. The van der Waals surface area contributed by atoms with Gasteiger partial charge in [0.15, 0.2) is 5.96 Å². The van der Waals surface area contributed by atoms with Crippen LogP contribution in [-0.2, 0) is 0 Å². The molecule has 1 aromatic heterocycles. The van der Waals surface area contributed by atoms with Crippen LogP contribution in [0.25, 0.3) is 0 Å². The SMILES string of the molecule is NC(N)=NC(=O)c1cccnc1. The Morgan fingerprint density at radius 2 is 2.25 bits per heavy atom. The van der Waals surface area contributed by atoms with E-state index < -0.39 is 5.91 Å². The van der Waals surface area contributed by atoms with E-state index in [1.165, 1.54) is 6.20 Å². The summed E-state index contributed by atoms with van der Waals surface area (Å²) in [6.45, 7) is 0. The maximum absolute atomic E-state index is 11.1. The third kappa shape index (κ3) is 2.05. The Labute approximate surface area is 69.1 Å². The normalized spacial score (nSPS) is 9.00.